The van der Waals surface area contributed by atoms with Crippen LogP contribution in [-0.4, -0.2) is 42.5 Å². The van der Waals surface area contributed by atoms with Crippen molar-refractivity contribution in [2.24, 2.45) is 0 Å². The normalized spacial score (nSPS) is 9.81. The third kappa shape index (κ3) is 4.06. The van der Waals surface area contributed by atoms with E-state index >= 15 is 0 Å². The van der Waals surface area contributed by atoms with Crippen LogP contribution in [0.1, 0.15) is 16.8 Å². The van der Waals surface area contributed by atoms with Crippen LogP contribution in [0.2, 0.25) is 0 Å². The first-order chi connectivity index (χ1) is 9.90. The first-order valence-electron chi connectivity index (χ1n) is 6.08. The monoisotopic (exact) mass is 296 g/mol. The molecule has 0 bridgehead atoms. The van der Waals surface area contributed by atoms with Gasteiger partial charge in [0.2, 0.25) is 0 Å². The summed E-state index contributed by atoms with van der Waals surface area (Å²) < 4.78 is 0. The van der Waals surface area contributed by atoms with E-state index in [0.717, 1.165) is 6.07 Å². The second kappa shape index (κ2) is 7.08. The molecule has 0 radical (unpaired) electrons. The van der Waals surface area contributed by atoms with E-state index in [1.54, 1.807) is 7.05 Å². The molecule has 4 N–H and O–H groups in total. The van der Waals surface area contributed by atoms with Crippen molar-refractivity contribution in [1.29, 1.82) is 0 Å². The largest absolute Gasteiger partial charge is 0.481 e. The van der Waals surface area contributed by atoms with Gasteiger partial charge in [0.25, 0.3) is 11.6 Å². The van der Waals surface area contributed by atoms with Gasteiger partial charge in [0.15, 0.2) is 0 Å². The zero-order chi connectivity index (χ0) is 16.0. The van der Waals surface area contributed by atoms with Gasteiger partial charge in [-0.3, -0.25) is 19.7 Å². The number of rotatable bonds is 7. The number of carbonyl (C=O) groups excluding carboxylic acids is 1. The zero-order valence-corrected chi connectivity index (χ0v) is 11.6. The molecule has 1 rings (SSSR count). The minimum Gasteiger partial charge on any atom is -0.481 e. The molecule has 1 amide bonds. The number of aliphatic carboxylic acids is 1. The van der Waals surface area contributed by atoms with Gasteiger partial charge in [-0.2, -0.15) is 0 Å². The number of carboxylic acid groups (broad SMARTS) is 1. The minimum atomic E-state index is -1.04. The number of nitro benzene ring substituents is 1. The summed E-state index contributed by atoms with van der Waals surface area (Å²) in [6.07, 6.45) is -0.225. The predicted molar refractivity (Wildman–Crippen MR) is 76.8 cm³/mol. The standard InChI is InChI=1S/C12H16N4O5/c1-13-8-6-9(14-2)10(16(20)21)5-7(8)12(19)15-4-3-11(17)18/h5-6,13-14H,3-4H2,1-2H3,(H,15,19)(H,17,18). The number of carboxylic acids is 1. The van der Waals surface area contributed by atoms with E-state index in [4.69, 9.17) is 5.11 Å². The number of hydrogen-bond donors (Lipinski definition) is 4. The first kappa shape index (κ1) is 16.2. The molecular weight excluding hydrogens is 280 g/mol. The Bertz CT molecular complexity index is 573. The van der Waals surface area contributed by atoms with Crippen LogP contribution in [0.15, 0.2) is 12.1 Å². The Kier molecular flexibility index (Phi) is 5.47. The van der Waals surface area contributed by atoms with Gasteiger partial charge in [0, 0.05) is 32.4 Å². The van der Waals surface area contributed by atoms with Crippen LogP contribution in [0.4, 0.5) is 17.1 Å². The number of anilines is 2. The molecule has 0 heterocycles. The maximum absolute atomic E-state index is 12.0. The maximum Gasteiger partial charge on any atom is 0.305 e. The van der Waals surface area contributed by atoms with Crippen molar-refractivity contribution in [3.63, 3.8) is 0 Å². The summed E-state index contributed by atoms with van der Waals surface area (Å²) >= 11 is 0. The molecule has 0 aliphatic carbocycles. The topological polar surface area (TPSA) is 134 Å². The van der Waals surface area contributed by atoms with Crippen molar-refractivity contribution in [2.75, 3.05) is 31.3 Å². The van der Waals surface area contributed by atoms with Crippen LogP contribution in [0, 0.1) is 10.1 Å². The number of benzene rings is 1. The van der Waals surface area contributed by atoms with Crippen LogP contribution in [0.25, 0.3) is 0 Å². The van der Waals surface area contributed by atoms with E-state index in [-0.39, 0.29) is 29.9 Å². The fourth-order valence-electron chi connectivity index (χ4n) is 1.71. The molecule has 0 saturated heterocycles. The lowest BCUT2D eigenvalue weighted by Gasteiger charge is -2.12. The molecule has 0 unspecified atom stereocenters. The maximum atomic E-state index is 12.0. The van der Waals surface area contributed by atoms with Crippen molar-refractivity contribution < 1.29 is 19.6 Å². The number of hydrogen-bond acceptors (Lipinski definition) is 6. The molecule has 0 saturated carbocycles. The second-order valence-corrected chi connectivity index (χ2v) is 4.07. The summed E-state index contributed by atoms with van der Waals surface area (Å²) in [5.74, 6) is -1.62. The van der Waals surface area contributed by atoms with Gasteiger partial charge < -0.3 is 21.1 Å². The fraction of sp³-hybridized carbons (Fsp3) is 0.333. The van der Waals surface area contributed by atoms with E-state index in [1.165, 1.54) is 13.1 Å². The highest BCUT2D eigenvalue weighted by Crippen LogP contribution is 2.30. The molecule has 1 aromatic rings. The Morgan fingerprint density at radius 3 is 2.33 bits per heavy atom. The summed E-state index contributed by atoms with van der Waals surface area (Å²) in [5.41, 5.74) is 0.512. The zero-order valence-electron chi connectivity index (χ0n) is 11.6. The Morgan fingerprint density at radius 2 is 1.86 bits per heavy atom. The third-order valence-corrected chi connectivity index (χ3v) is 2.74. The summed E-state index contributed by atoms with van der Waals surface area (Å²) in [7, 11) is 3.11. The van der Waals surface area contributed by atoms with Gasteiger partial charge in [-0.05, 0) is 6.07 Å². The molecule has 0 aliphatic rings. The van der Waals surface area contributed by atoms with E-state index in [2.05, 4.69) is 16.0 Å². The molecule has 0 spiro atoms. The lowest BCUT2D eigenvalue weighted by Crippen LogP contribution is -2.26. The van der Waals surface area contributed by atoms with E-state index in [0.29, 0.717) is 5.69 Å². The molecule has 9 nitrogen and oxygen atoms in total. The molecule has 9 heteroatoms. The Hall–Kier alpha value is -2.84. The number of nitrogens with zero attached hydrogens (tertiary/aromatic N) is 1. The molecule has 0 aromatic heterocycles. The summed E-state index contributed by atoms with van der Waals surface area (Å²) in [6.45, 7) is -0.0566. The lowest BCUT2D eigenvalue weighted by atomic mass is 10.1. The summed E-state index contributed by atoms with van der Waals surface area (Å²) in [5, 5.41) is 27.4. The highest BCUT2D eigenvalue weighted by molar-refractivity contribution is 6.01. The van der Waals surface area contributed by atoms with Crippen molar-refractivity contribution in [1.82, 2.24) is 5.32 Å². The summed E-state index contributed by atoms with van der Waals surface area (Å²) in [6, 6.07) is 2.60. The van der Waals surface area contributed by atoms with Crippen LogP contribution in [-0.2, 0) is 4.79 Å². The quantitative estimate of drug-likeness (QED) is 0.433. The van der Waals surface area contributed by atoms with Crippen molar-refractivity contribution in [3.8, 4) is 0 Å². The molecular formula is C12H16N4O5. The lowest BCUT2D eigenvalue weighted by molar-refractivity contribution is -0.383. The first-order valence-corrected chi connectivity index (χ1v) is 6.08. The van der Waals surface area contributed by atoms with Crippen molar-refractivity contribution >= 4 is 28.9 Å². The van der Waals surface area contributed by atoms with Crippen molar-refractivity contribution in [3.05, 3.63) is 27.8 Å². The number of amides is 1. The molecule has 0 aliphatic heterocycles. The van der Waals surface area contributed by atoms with Gasteiger partial charge in [-0.1, -0.05) is 0 Å². The molecule has 0 atom stereocenters. The molecule has 114 valence electrons. The third-order valence-electron chi connectivity index (χ3n) is 2.74. The number of nitrogens with one attached hydrogen (secondary N) is 3. The van der Waals surface area contributed by atoms with Gasteiger partial charge >= 0.3 is 5.97 Å². The predicted octanol–water partition coefficient (Wildman–Crippen LogP) is 0.883. The SMILES string of the molecule is CNc1cc(NC)c([N+](=O)[O-])cc1C(=O)NCCC(=O)O. The average Bonchev–Trinajstić information content (AvgIpc) is 2.44. The molecule has 1 aromatic carbocycles. The Balaban J connectivity index is 3.09. The Morgan fingerprint density at radius 1 is 1.24 bits per heavy atom. The van der Waals surface area contributed by atoms with Crippen molar-refractivity contribution in [2.45, 2.75) is 6.42 Å². The van der Waals surface area contributed by atoms with Gasteiger partial charge in [-0.15, -0.1) is 0 Å². The fourth-order valence-corrected chi connectivity index (χ4v) is 1.71. The second-order valence-electron chi connectivity index (χ2n) is 4.07. The van der Waals surface area contributed by atoms with Gasteiger partial charge in [0.05, 0.1) is 16.9 Å². The van der Waals surface area contributed by atoms with Crippen LogP contribution >= 0.6 is 0 Å². The smallest absolute Gasteiger partial charge is 0.305 e. The van der Waals surface area contributed by atoms with Gasteiger partial charge in [0.1, 0.15) is 5.69 Å². The van der Waals surface area contributed by atoms with Crippen LogP contribution in [0.5, 0.6) is 0 Å². The van der Waals surface area contributed by atoms with Crippen LogP contribution < -0.4 is 16.0 Å². The summed E-state index contributed by atoms with van der Waals surface area (Å²) in [4.78, 5) is 32.8. The highest BCUT2D eigenvalue weighted by Gasteiger charge is 2.20. The highest BCUT2D eigenvalue weighted by atomic mass is 16.6. The van der Waals surface area contributed by atoms with E-state index < -0.39 is 16.8 Å². The molecule has 21 heavy (non-hydrogen) atoms. The van der Waals surface area contributed by atoms with E-state index in [9.17, 15) is 19.7 Å². The minimum absolute atomic E-state index is 0.0566. The van der Waals surface area contributed by atoms with E-state index in [1.807, 2.05) is 0 Å². The molecule has 0 fully saturated rings. The number of nitro groups is 1. The van der Waals surface area contributed by atoms with Crippen LogP contribution in [0.3, 0.4) is 0 Å². The Labute approximate surface area is 120 Å². The van der Waals surface area contributed by atoms with Gasteiger partial charge in [-0.25, -0.2) is 0 Å². The number of carbonyl (C=O) groups is 2. The average molecular weight is 296 g/mol.